The first-order valence-electron chi connectivity index (χ1n) is 8.43. The van der Waals surface area contributed by atoms with E-state index in [9.17, 15) is 9.90 Å². The molecule has 0 bridgehead atoms. The van der Waals surface area contributed by atoms with Gasteiger partial charge in [0.05, 0.1) is 6.10 Å². The first-order valence-corrected chi connectivity index (χ1v) is 8.43. The van der Waals surface area contributed by atoms with E-state index in [2.05, 4.69) is 12.1 Å². The highest BCUT2D eigenvalue weighted by Crippen LogP contribution is 2.21. The molecule has 2 aromatic rings. The van der Waals surface area contributed by atoms with Crippen molar-refractivity contribution in [3.8, 4) is 5.75 Å². The highest BCUT2D eigenvalue weighted by Gasteiger charge is 2.21. The molecule has 126 valence electrons. The van der Waals surface area contributed by atoms with Gasteiger partial charge in [-0.15, -0.1) is 0 Å². The fourth-order valence-electron chi connectivity index (χ4n) is 2.95. The van der Waals surface area contributed by atoms with Crippen molar-refractivity contribution in [3.05, 3.63) is 65.7 Å². The quantitative estimate of drug-likeness (QED) is 0.919. The zero-order valence-electron chi connectivity index (χ0n) is 13.7. The SMILES string of the molecule is O=C(COc1ccccc1Cc1ccccc1)N1CCC(O)CC1. The Kier molecular flexibility index (Phi) is 5.49. The lowest BCUT2D eigenvalue weighted by Crippen LogP contribution is -2.42. The Morgan fingerprint density at radius 3 is 2.46 bits per heavy atom. The first kappa shape index (κ1) is 16.5. The molecule has 0 aromatic heterocycles. The summed E-state index contributed by atoms with van der Waals surface area (Å²) in [7, 11) is 0. The minimum Gasteiger partial charge on any atom is -0.483 e. The molecular formula is C20H23NO3. The standard InChI is InChI=1S/C20H23NO3/c22-18-10-12-21(13-11-18)20(23)15-24-19-9-5-4-8-17(19)14-16-6-2-1-3-7-16/h1-9,18,22H,10-15H2. The summed E-state index contributed by atoms with van der Waals surface area (Å²) < 4.78 is 5.80. The Bertz CT molecular complexity index is 664. The van der Waals surface area contributed by atoms with Gasteiger partial charge in [0.1, 0.15) is 5.75 Å². The van der Waals surface area contributed by atoms with Gasteiger partial charge in [0, 0.05) is 19.5 Å². The lowest BCUT2D eigenvalue weighted by atomic mass is 10.0. The van der Waals surface area contributed by atoms with Gasteiger partial charge in [0.25, 0.3) is 5.91 Å². The van der Waals surface area contributed by atoms with Crippen molar-refractivity contribution in [2.45, 2.75) is 25.4 Å². The number of ether oxygens (including phenoxy) is 1. The number of aliphatic hydroxyl groups excluding tert-OH is 1. The van der Waals surface area contributed by atoms with Crippen molar-refractivity contribution < 1.29 is 14.6 Å². The number of hydrogen-bond acceptors (Lipinski definition) is 3. The van der Waals surface area contributed by atoms with Crippen LogP contribution in [0.3, 0.4) is 0 Å². The molecule has 3 rings (SSSR count). The molecule has 0 aliphatic carbocycles. The van der Waals surface area contributed by atoms with Gasteiger partial charge in [-0.05, 0) is 30.0 Å². The molecule has 1 heterocycles. The number of piperidine rings is 1. The fourth-order valence-corrected chi connectivity index (χ4v) is 2.95. The summed E-state index contributed by atoms with van der Waals surface area (Å²) >= 11 is 0. The van der Waals surface area contributed by atoms with Crippen LogP contribution in [0.1, 0.15) is 24.0 Å². The fraction of sp³-hybridized carbons (Fsp3) is 0.350. The second kappa shape index (κ2) is 7.97. The minimum atomic E-state index is -0.276. The van der Waals surface area contributed by atoms with Crippen molar-refractivity contribution in [2.75, 3.05) is 19.7 Å². The van der Waals surface area contributed by atoms with E-state index in [4.69, 9.17) is 4.74 Å². The van der Waals surface area contributed by atoms with Gasteiger partial charge in [-0.3, -0.25) is 4.79 Å². The second-order valence-corrected chi connectivity index (χ2v) is 6.17. The average Bonchev–Trinajstić information content (AvgIpc) is 2.62. The van der Waals surface area contributed by atoms with Crippen molar-refractivity contribution >= 4 is 5.91 Å². The number of carbonyl (C=O) groups excluding carboxylic acids is 1. The molecule has 4 heteroatoms. The Hall–Kier alpha value is -2.33. The molecule has 1 aliphatic rings. The van der Waals surface area contributed by atoms with Gasteiger partial charge in [0.15, 0.2) is 6.61 Å². The molecule has 0 radical (unpaired) electrons. The van der Waals surface area contributed by atoms with Gasteiger partial charge < -0.3 is 14.7 Å². The molecule has 1 N–H and O–H groups in total. The zero-order valence-corrected chi connectivity index (χ0v) is 13.7. The van der Waals surface area contributed by atoms with E-state index in [0.29, 0.717) is 25.9 Å². The third kappa shape index (κ3) is 4.36. The lowest BCUT2D eigenvalue weighted by molar-refractivity contribution is -0.135. The smallest absolute Gasteiger partial charge is 0.260 e. The van der Waals surface area contributed by atoms with Crippen molar-refractivity contribution in [2.24, 2.45) is 0 Å². The Morgan fingerprint density at radius 2 is 1.71 bits per heavy atom. The van der Waals surface area contributed by atoms with Crippen LogP contribution in [0.2, 0.25) is 0 Å². The van der Waals surface area contributed by atoms with Gasteiger partial charge >= 0.3 is 0 Å². The molecule has 1 amide bonds. The molecule has 1 fully saturated rings. The van der Waals surface area contributed by atoms with E-state index in [1.165, 1.54) is 5.56 Å². The number of nitrogens with zero attached hydrogens (tertiary/aromatic N) is 1. The van der Waals surface area contributed by atoms with E-state index < -0.39 is 0 Å². The summed E-state index contributed by atoms with van der Waals surface area (Å²) in [4.78, 5) is 14.0. The molecule has 24 heavy (non-hydrogen) atoms. The van der Waals surface area contributed by atoms with E-state index in [1.807, 2.05) is 42.5 Å². The Morgan fingerprint density at radius 1 is 1.04 bits per heavy atom. The van der Waals surface area contributed by atoms with Crippen LogP contribution in [0.5, 0.6) is 5.75 Å². The number of amides is 1. The summed E-state index contributed by atoms with van der Waals surface area (Å²) in [6.45, 7) is 1.26. The maximum Gasteiger partial charge on any atom is 0.260 e. The topological polar surface area (TPSA) is 49.8 Å². The van der Waals surface area contributed by atoms with Crippen molar-refractivity contribution in [1.29, 1.82) is 0 Å². The third-order valence-corrected chi connectivity index (χ3v) is 4.38. The number of para-hydroxylation sites is 1. The molecular weight excluding hydrogens is 302 g/mol. The first-order chi connectivity index (χ1) is 11.7. The summed E-state index contributed by atoms with van der Waals surface area (Å²) in [5.41, 5.74) is 2.29. The number of rotatable bonds is 5. The summed E-state index contributed by atoms with van der Waals surface area (Å²) in [5.74, 6) is 0.739. The van der Waals surface area contributed by atoms with Crippen LogP contribution in [-0.2, 0) is 11.2 Å². The van der Waals surface area contributed by atoms with Gasteiger partial charge in [-0.1, -0.05) is 48.5 Å². The van der Waals surface area contributed by atoms with Crippen LogP contribution in [-0.4, -0.2) is 41.7 Å². The molecule has 0 unspecified atom stereocenters. The molecule has 0 atom stereocenters. The number of benzene rings is 2. The van der Waals surface area contributed by atoms with Crippen molar-refractivity contribution in [3.63, 3.8) is 0 Å². The number of carbonyl (C=O) groups is 1. The Labute approximate surface area is 142 Å². The number of aliphatic hydroxyl groups is 1. The molecule has 1 saturated heterocycles. The molecule has 4 nitrogen and oxygen atoms in total. The van der Waals surface area contributed by atoms with Crippen LogP contribution in [0.25, 0.3) is 0 Å². The summed E-state index contributed by atoms with van der Waals surface area (Å²) in [6.07, 6.45) is 1.80. The zero-order chi connectivity index (χ0) is 16.8. The average molecular weight is 325 g/mol. The third-order valence-electron chi connectivity index (χ3n) is 4.38. The second-order valence-electron chi connectivity index (χ2n) is 6.17. The van der Waals surface area contributed by atoms with Crippen LogP contribution >= 0.6 is 0 Å². The van der Waals surface area contributed by atoms with Crippen LogP contribution in [0, 0.1) is 0 Å². The highest BCUT2D eigenvalue weighted by atomic mass is 16.5. The molecule has 1 aliphatic heterocycles. The van der Waals surface area contributed by atoms with Crippen LogP contribution < -0.4 is 4.74 Å². The van der Waals surface area contributed by atoms with Crippen LogP contribution in [0.15, 0.2) is 54.6 Å². The monoisotopic (exact) mass is 325 g/mol. The maximum atomic E-state index is 12.3. The van der Waals surface area contributed by atoms with Crippen molar-refractivity contribution in [1.82, 2.24) is 4.90 Å². The van der Waals surface area contributed by atoms with Gasteiger partial charge in [0.2, 0.25) is 0 Å². The van der Waals surface area contributed by atoms with E-state index in [1.54, 1.807) is 4.90 Å². The van der Waals surface area contributed by atoms with Crippen LogP contribution in [0.4, 0.5) is 0 Å². The van der Waals surface area contributed by atoms with E-state index in [-0.39, 0.29) is 18.6 Å². The number of hydrogen-bond donors (Lipinski definition) is 1. The summed E-state index contributed by atoms with van der Waals surface area (Å²) in [5, 5.41) is 9.52. The lowest BCUT2D eigenvalue weighted by Gasteiger charge is -2.29. The normalized spacial score (nSPS) is 15.3. The predicted molar refractivity (Wildman–Crippen MR) is 93.0 cm³/mol. The van der Waals surface area contributed by atoms with Gasteiger partial charge in [-0.2, -0.15) is 0 Å². The van der Waals surface area contributed by atoms with E-state index >= 15 is 0 Å². The molecule has 0 spiro atoms. The molecule has 2 aromatic carbocycles. The Balaban J connectivity index is 1.60. The largest absolute Gasteiger partial charge is 0.483 e. The van der Waals surface area contributed by atoms with E-state index in [0.717, 1.165) is 17.7 Å². The van der Waals surface area contributed by atoms with Gasteiger partial charge in [-0.25, -0.2) is 0 Å². The predicted octanol–water partition coefficient (Wildman–Crippen LogP) is 2.64. The maximum absolute atomic E-state index is 12.3. The number of likely N-dealkylation sites (tertiary alicyclic amines) is 1. The highest BCUT2D eigenvalue weighted by molar-refractivity contribution is 5.77. The minimum absolute atomic E-state index is 0.0172. The molecule has 0 saturated carbocycles. The summed E-state index contributed by atoms with van der Waals surface area (Å²) in [6, 6.07) is 18.1.